The Bertz CT molecular complexity index is 821. The van der Waals surface area contributed by atoms with Crippen molar-refractivity contribution in [3.63, 3.8) is 0 Å². The third kappa shape index (κ3) is 5.16. The fraction of sp³-hybridized carbons (Fsp3) is 0.643. The van der Waals surface area contributed by atoms with Gasteiger partial charge in [0.25, 0.3) is 16.1 Å². The minimum atomic E-state index is -3.47. The number of hydrogen-bond donors (Lipinski definition) is 1. The number of nitrogens with zero attached hydrogens (tertiary/aromatic N) is 4. The number of hydrogen-bond acceptors (Lipinski definition) is 9. The van der Waals surface area contributed by atoms with E-state index >= 15 is 0 Å². The summed E-state index contributed by atoms with van der Waals surface area (Å²) in [5.74, 6) is 0.195. The van der Waals surface area contributed by atoms with Crippen LogP contribution in [0.3, 0.4) is 0 Å². The molecule has 0 aliphatic rings. The van der Waals surface area contributed by atoms with Gasteiger partial charge >= 0.3 is 6.01 Å². The van der Waals surface area contributed by atoms with Crippen LogP contribution in [0.2, 0.25) is 0 Å². The van der Waals surface area contributed by atoms with Gasteiger partial charge in [0, 0.05) is 6.54 Å². The van der Waals surface area contributed by atoms with Crippen molar-refractivity contribution in [1.29, 1.82) is 0 Å². The van der Waals surface area contributed by atoms with Crippen LogP contribution in [-0.2, 0) is 20.8 Å². The second-order valence-corrected chi connectivity index (χ2v) is 7.04. The molecule has 2 aromatic heterocycles. The summed E-state index contributed by atoms with van der Waals surface area (Å²) >= 11 is 0. The van der Waals surface area contributed by atoms with E-state index in [2.05, 4.69) is 21.9 Å². The van der Waals surface area contributed by atoms with E-state index in [0.717, 1.165) is 19.1 Å². The van der Waals surface area contributed by atoms with E-state index in [9.17, 15) is 8.42 Å². The standard InChI is InChI=1S/C14H23N5O5S/c1-4-5-8-23-13-17-11(15)10-12(18-13)19(14(16-10)22-2)7-6-9-24-25(3,20)21/h4-9H2,1-3H3,(H2,15,17,18). The quantitative estimate of drug-likeness (QED) is 0.477. The summed E-state index contributed by atoms with van der Waals surface area (Å²) in [5, 5.41) is 0. The Morgan fingerprint density at radius 2 is 1.92 bits per heavy atom. The first-order valence-corrected chi connectivity index (χ1v) is 9.72. The molecule has 0 saturated carbocycles. The Labute approximate surface area is 146 Å². The zero-order valence-corrected chi connectivity index (χ0v) is 15.4. The van der Waals surface area contributed by atoms with Crippen LogP contribution in [-0.4, -0.2) is 54.5 Å². The van der Waals surface area contributed by atoms with Gasteiger partial charge in [-0.15, -0.1) is 0 Å². The van der Waals surface area contributed by atoms with Crippen LogP contribution in [0.15, 0.2) is 0 Å². The largest absolute Gasteiger partial charge is 0.468 e. The highest BCUT2D eigenvalue weighted by atomic mass is 32.2. The van der Waals surface area contributed by atoms with Gasteiger partial charge < -0.3 is 15.2 Å². The first kappa shape index (κ1) is 19.2. The monoisotopic (exact) mass is 373 g/mol. The van der Waals surface area contributed by atoms with Crippen molar-refractivity contribution in [2.75, 3.05) is 32.3 Å². The van der Waals surface area contributed by atoms with Crippen molar-refractivity contribution in [3.05, 3.63) is 0 Å². The SMILES string of the molecule is CCCCOc1nc(N)c2nc(OC)n(CCCOS(C)(=O)=O)c2n1. The summed E-state index contributed by atoms with van der Waals surface area (Å²) in [6.07, 6.45) is 3.30. The fourth-order valence-electron chi connectivity index (χ4n) is 2.14. The highest BCUT2D eigenvalue weighted by Gasteiger charge is 2.18. The molecule has 0 aliphatic heterocycles. The van der Waals surface area contributed by atoms with E-state index in [4.69, 9.17) is 19.4 Å². The molecule has 0 spiro atoms. The number of nitrogens with two attached hydrogens (primary N) is 1. The van der Waals surface area contributed by atoms with Crippen molar-refractivity contribution in [2.24, 2.45) is 0 Å². The van der Waals surface area contributed by atoms with Crippen molar-refractivity contribution in [1.82, 2.24) is 19.5 Å². The summed E-state index contributed by atoms with van der Waals surface area (Å²) in [5.41, 5.74) is 6.82. The molecule has 2 heterocycles. The molecule has 0 aliphatic carbocycles. The number of imidazole rings is 1. The molecule has 0 saturated heterocycles. The Morgan fingerprint density at radius 3 is 2.56 bits per heavy atom. The molecule has 2 aromatic rings. The number of fused-ring (bicyclic) bond motifs is 1. The molecule has 2 rings (SSSR count). The molecule has 0 amide bonds. The number of rotatable bonds is 10. The van der Waals surface area contributed by atoms with Crippen molar-refractivity contribution in [2.45, 2.75) is 32.7 Å². The van der Waals surface area contributed by atoms with Gasteiger partial charge in [-0.25, -0.2) is 0 Å². The maximum atomic E-state index is 11.0. The normalized spacial score (nSPS) is 11.8. The van der Waals surface area contributed by atoms with Gasteiger partial charge in [-0.2, -0.15) is 23.4 Å². The molecule has 25 heavy (non-hydrogen) atoms. The first-order valence-electron chi connectivity index (χ1n) is 7.90. The lowest BCUT2D eigenvalue weighted by atomic mass is 10.4. The van der Waals surface area contributed by atoms with Crippen molar-refractivity contribution in [3.8, 4) is 12.0 Å². The van der Waals surface area contributed by atoms with E-state index in [1.165, 1.54) is 7.11 Å². The minimum Gasteiger partial charge on any atom is -0.468 e. The van der Waals surface area contributed by atoms with Crippen LogP contribution >= 0.6 is 0 Å². The Hall–Kier alpha value is -2.14. The van der Waals surface area contributed by atoms with Gasteiger partial charge in [0.05, 0.1) is 26.6 Å². The van der Waals surface area contributed by atoms with Gasteiger partial charge in [0.15, 0.2) is 17.0 Å². The smallest absolute Gasteiger partial charge is 0.320 e. The van der Waals surface area contributed by atoms with Crippen LogP contribution in [0.5, 0.6) is 12.0 Å². The summed E-state index contributed by atoms with van der Waals surface area (Å²) in [6.45, 7) is 2.98. The summed E-state index contributed by atoms with van der Waals surface area (Å²) < 4.78 is 39.2. The van der Waals surface area contributed by atoms with Crippen LogP contribution in [0.4, 0.5) is 5.82 Å². The predicted octanol–water partition coefficient (Wildman–Crippen LogP) is 0.962. The summed E-state index contributed by atoms with van der Waals surface area (Å²) in [6, 6.07) is 0.482. The third-order valence-electron chi connectivity index (χ3n) is 3.30. The molecule has 0 unspecified atom stereocenters. The van der Waals surface area contributed by atoms with Gasteiger partial charge in [-0.3, -0.25) is 8.75 Å². The lowest BCUT2D eigenvalue weighted by Gasteiger charge is -2.08. The number of ether oxygens (including phenoxy) is 2. The topological polar surface area (TPSA) is 131 Å². The number of anilines is 1. The highest BCUT2D eigenvalue weighted by molar-refractivity contribution is 7.85. The molecule has 0 bridgehead atoms. The number of methoxy groups -OCH3 is 1. The maximum absolute atomic E-state index is 11.0. The summed E-state index contributed by atoms with van der Waals surface area (Å²) in [4.78, 5) is 12.7. The molecule has 0 atom stereocenters. The number of aromatic nitrogens is 4. The zero-order chi connectivity index (χ0) is 18.4. The zero-order valence-electron chi connectivity index (χ0n) is 14.6. The van der Waals surface area contributed by atoms with Crippen molar-refractivity contribution >= 4 is 27.1 Å². The number of nitrogen functional groups attached to an aromatic ring is 1. The maximum Gasteiger partial charge on any atom is 0.320 e. The highest BCUT2D eigenvalue weighted by Crippen LogP contribution is 2.25. The fourth-order valence-corrected chi connectivity index (χ4v) is 2.56. The molecule has 0 fully saturated rings. The van der Waals surface area contributed by atoms with Gasteiger partial charge in [0.2, 0.25) is 0 Å². The first-order chi connectivity index (χ1) is 11.9. The molecule has 140 valence electrons. The van der Waals surface area contributed by atoms with E-state index in [1.807, 2.05) is 0 Å². The van der Waals surface area contributed by atoms with Gasteiger partial charge in [-0.05, 0) is 12.8 Å². The molecular formula is C14H23N5O5S. The van der Waals surface area contributed by atoms with Gasteiger partial charge in [-0.1, -0.05) is 13.3 Å². The van der Waals surface area contributed by atoms with Crippen molar-refractivity contribution < 1.29 is 22.1 Å². The summed E-state index contributed by atoms with van der Waals surface area (Å²) in [7, 11) is -1.99. The number of aryl methyl sites for hydroxylation is 1. The average Bonchev–Trinajstić information content (AvgIpc) is 2.89. The molecule has 11 heteroatoms. The second kappa shape index (κ2) is 8.30. The van der Waals surface area contributed by atoms with E-state index in [-0.39, 0.29) is 18.4 Å². The molecule has 0 radical (unpaired) electrons. The third-order valence-corrected chi connectivity index (χ3v) is 3.90. The lowest BCUT2D eigenvalue weighted by Crippen LogP contribution is -2.09. The van der Waals surface area contributed by atoms with Crippen LogP contribution in [0.25, 0.3) is 11.2 Å². The predicted molar refractivity (Wildman–Crippen MR) is 92.1 cm³/mol. The Kier molecular flexibility index (Phi) is 6.37. The molecular weight excluding hydrogens is 350 g/mol. The minimum absolute atomic E-state index is 0.0437. The van der Waals surface area contributed by atoms with Crippen LogP contribution in [0.1, 0.15) is 26.2 Å². The molecule has 10 nitrogen and oxygen atoms in total. The molecule has 0 aromatic carbocycles. The van der Waals surface area contributed by atoms with E-state index in [0.29, 0.717) is 36.7 Å². The Morgan fingerprint density at radius 1 is 1.16 bits per heavy atom. The Balaban J connectivity index is 2.23. The van der Waals surface area contributed by atoms with Gasteiger partial charge in [0.1, 0.15) is 0 Å². The molecule has 2 N–H and O–H groups in total. The average molecular weight is 373 g/mol. The second-order valence-electron chi connectivity index (χ2n) is 5.40. The van der Waals surface area contributed by atoms with Crippen LogP contribution < -0.4 is 15.2 Å². The lowest BCUT2D eigenvalue weighted by molar-refractivity contribution is 0.286. The van der Waals surface area contributed by atoms with Crippen LogP contribution in [0, 0.1) is 0 Å². The van der Waals surface area contributed by atoms with E-state index < -0.39 is 10.1 Å². The van der Waals surface area contributed by atoms with E-state index in [1.54, 1.807) is 4.57 Å². The number of unbranched alkanes of at least 4 members (excludes halogenated alkanes) is 1.